The van der Waals surface area contributed by atoms with Crippen LogP contribution in [0.3, 0.4) is 0 Å². The third-order valence-electron chi connectivity index (χ3n) is 2.95. The van der Waals surface area contributed by atoms with E-state index in [4.69, 9.17) is 0 Å². The molecule has 0 aliphatic carbocycles. The molecule has 1 heterocycles. The molecule has 2 N–H and O–H groups in total. The number of carbonyl (C=O) groups is 1. The molecule has 0 aliphatic rings. The average Bonchev–Trinajstić information content (AvgIpc) is 3.00. The number of ether oxygens (including phenoxy) is 1. The van der Waals surface area contributed by atoms with E-state index in [-0.39, 0.29) is 5.69 Å². The number of hydrogen-bond donors (Lipinski definition) is 2. The van der Waals surface area contributed by atoms with Crippen LogP contribution in [-0.4, -0.2) is 29.6 Å². The zero-order valence-electron chi connectivity index (χ0n) is 11.5. The normalized spacial score (nSPS) is 10.4. The minimum atomic E-state index is -1.21. The molecule has 0 radical (unpaired) electrons. The number of anilines is 1. The summed E-state index contributed by atoms with van der Waals surface area (Å²) in [6, 6.07) is 2.51. The number of nitrogens with one attached hydrogen (secondary N) is 2. The first-order valence-corrected chi connectivity index (χ1v) is 6.42. The molecule has 0 atom stereocenters. The van der Waals surface area contributed by atoms with Gasteiger partial charge in [-0.3, -0.25) is 0 Å². The van der Waals surface area contributed by atoms with Gasteiger partial charge >= 0.3 is 5.97 Å². The van der Waals surface area contributed by atoms with Gasteiger partial charge in [-0.25, -0.2) is 18.6 Å². The predicted molar refractivity (Wildman–Crippen MR) is 73.1 cm³/mol. The second-order valence-corrected chi connectivity index (χ2v) is 4.35. The highest BCUT2D eigenvalue weighted by molar-refractivity contribution is 5.90. The molecular formula is C14H15F2N3O2. The summed E-state index contributed by atoms with van der Waals surface area (Å²) in [5.41, 5.74) is -0.407. The van der Waals surface area contributed by atoms with Crippen LogP contribution in [-0.2, 0) is 11.2 Å². The number of aromatic amines is 1. The van der Waals surface area contributed by atoms with Gasteiger partial charge in [-0.1, -0.05) is 0 Å². The molecule has 0 bridgehead atoms. The minimum Gasteiger partial charge on any atom is -0.465 e. The predicted octanol–water partition coefficient (Wildman–Crippen LogP) is 2.52. The number of halogens is 2. The summed E-state index contributed by atoms with van der Waals surface area (Å²) in [4.78, 5) is 18.3. The number of carbonyl (C=O) groups excluding carboxylic acids is 1. The number of aromatic nitrogens is 2. The molecule has 0 saturated carbocycles. The molecule has 21 heavy (non-hydrogen) atoms. The summed E-state index contributed by atoms with van der Waals surface area (Å²) in [5.74, 6) is -2.37. The number of methoxy groups -OCH3 is 1. The molecule has 1 aromatic heterocycles. The maximum absolute atomic E-state index is 13.8. The van der Waals surface area contributed by atoms with Gasteiger partial charge in [0.15, 0.2) is 11.6 Å². The number of aryl methyl sites for hydroxylation is 1. The van der Waals surface area contributed by atoms with E-state index in [0.29, 0.717) is 19.4 Å². The number of H-pyrrole nitrogens is 1. The topological polar surface area (TPSA) is 67.0 Å². The summed E-state index contributed by atoms with van der Waals surface area (Å²) < 4.78 is 31.9. The van der Waals surface area contributed by atoms with Crippen molar-refractivity contribution in [1.82, 2.24) is 9.97 Å². The lowest BCUT2D eigenvalue weighted by Crippen LogP contribution is -2.10. The van der Waals surface area contributed by atoms with Crippen molar-refractivity contribution < 1.29 is 18.3 Å². The maximum Gasteiger partial charge on any atom is 0.340 e. The zero-order valence-corrected chi connectivity index (χ0v) is 11.5. The van der Waals surface area contributed by atoms with Gasteiger partial charge in [0.2, 0.25) is 0 Å². The molecule has 1 aromatic carbocycles. The van der Waals surface area contributed by atoms with Crippen LogP contribution in [0.2, 0.25) is 0 Å². The van der Waals surface area contributed by atoms with Crippen LogP contribution >= 0.6 is 0 Å². The molecule has 2 rings (SSSR count). The van der Waals surface area contributed by atoms with E-state index in [1.54, 1.807) is 12.4 Å². The van der Waals surface area contributed by atoms with Crippen LogP contribution in [0.5, 0.6) is 0 Å². The fourth-order valence-electron chi connectivity index (χ4n) is 1.87. The molecule has 5 nitrogen and oxygen atoms in total. The van der Waals surface area contributed by atoms with Gasteiger partial charge < -0.3 is 15.0 Å². The van der Waals surface area contributed by atoms with Crippen molar-refractivity contribution in [2.45, 2.75) is 12.8 Å². The highest BCUT2D eigenvalue weighted by Gasteiger charge is 2.18. The molecule has 0 spiro atoms. The summed E-state index contributed by atoms with van der Waals surface area (Å²) in [6.07, 6.45) is 4.78. The third kappa shape index (κ3) is 3.56. The van der Waals surface area contributed by atoms with E-state index in [1.165, 1.54) is 12.1 Å². The quantitative estimate of drug-likeness (QED) is 0.635. The monoisotopic (exact) mass is 295 g/mol. The molecule has 0 fully saturated rings. The Kier molecular flexibility index (Phi) is 4.86. The van der Waals surface area contributed by atoms with Crippen molar-refractivity contribution in [3.63, 3.8) is 0 Å². The minimum absolute atomic E-state index is 0.0135. The van der Waals surface area contributed by atoms with Crippen LogP contribution < -0.4 is 5.32 Å². The molecule has 2 aromatic rings. The van der Waals surface area contributed by atoms with E-state index in [2.05, 4.69) is 20.0 Å². The van der Waals surface area contributed by atoms with E-state index in [9.17, 15) is 13.6 Å². The largest absolute Gasteiger partial charge is 0.465 e. The highest BCUT2D eigenvalue weighted by Crippen LogP contribution is 2.21. The maximum atomic E-state index is 13.8. The van der Waals surface area contributed by atoms with Gasteiger partial charge in [-0.05, 0) is 18.6 Å². The molecular weight excluding hydrogens is 280 g/mol. The Morgan fingerprint density at radius 2 is 2.19 bits per heavy atom. The number of hydrogen-bond acceptors (Lipinski definition) is 4. The number of imidazole rings is 1. The summed E-state index contributed by atoms with van der Waals surface area (Å²) in [5, 5.41) is 2.79. The fourth-order valence-corrected chi connectivity index (χ4v) is 1.87. The van der Waals surface area contributed by atoms with Gasteiger partial charge in [0.1, 0.15) is 5.82 Å². The smallest absolute Gasteiger partial charge is 0.340 e. The summed E-state index contributed by atoms with van der Waals surface area (Å²) in [7, 11) is 1.11. The van der Waals surface area contributed by atoms with Crippen LogP contribution in [0.1, 0.15) is 22.6 Å². The molecule has 7 heteroatoms. The third-order valence-corrected chi connectivity index (χ3v) is 2.95. The van der Waals surface area contributed by atoms with Crippen LogP contribution in [0.25, 0.3) is 0 Å². The first-order valence-electron chi connectivity index (χ1n) is 6.42. The van der Waals surface area contributed by atoms with E-state index in [1.807, 2.05) is 0 Å². The van der Waals surface area contributed by atoms with Crippen molar-refractivity contribution in [1.29, 1.82) is 0 Å². The first-order chi connectivity index (χ1) is 10.1. The van der Waals surface area contributed by atoms with E-state index < -0.39 is 23.2 Å². The standard InChI is InChI=1S/C14H15F2N3O2/c1-21-14(20)9-4-5-10(13(16)12(9)15)17-6-2-3-11-18-7-8-19-11/h4-5,7-8,17H,2-3,6H2,1H3,(H,18,19). The van der Waals surface area contributed by atoms with E-state index in [0.717, 1.165) is 12.9 Å². The van der Waals surface area contributed by atoms with Gasteiger partial charge in [0.25, 0.3) is 0 Å². The summed E-state index contributed by atoms with van der Waals surface area (Å²) >= 11 is 0. The number of esters is 1. The van der Waals surface area contributed by atoms with Gasteiger partial charge in [0, 0.05) is 25.4 Å². The lowest BCUT2D eigenvalue weighted by molar-refractivity contribution is 0.0594. The molecule has 0 unspecified atom stereocenters. The highest BCUT2D eigenvalue weighted by atomic mass is 19.2. The first kappa shape index (κ1) is 15.0. The van der Waals surface area contributed by atoms with Crippen molar-refractivity contribution in [3.8, 4) is 0 Å². The van der Waals surface area contributed by atoms with Gasteiger partial charge in [-0.2, -0.15) is 0 Å². The SMILES string of the molecule is COC(=O)c1ccc(NCCCc2ncc[nH]2)c(F)c1F. The Labute approximate surface area is 120 Å². The van der Waals surface area contributed by atoms with Gasteiger partial charge in [0.05, 0.1) is 18.4 Å². The van der Waals surface area contributed by atoms with Crippen LogP contribution in [0, 0.1) is 11.6 Å². The second-order valence-electron chi connectivity index (χ2n) is 4.35. The summed E-state index contributed by atoms with van der Waals surface area (Å²) in [6.45, 7) is 0.453. The zero-order chi connectivity index (χ0) is 15.2. The lowest BCUT2D eigenvalue weighted by atomic mass is 10.1. The number of benzene rings is 1. The Bertz CT molecular complexity index is 615. The molecule has 0 saturated heterocycles. The van der Waals surface area contributed by atoms with Crippen LogP contribution in [0.15, 0.2) is 24.5 Å². The molecule has 0 amide bonds. The van der Waals surface area contributed by atoms with E-state index >= 15 is 0 Å². The van der Waals surface area contributed by atoms with Crippen molar-refractivity contribution in [2.75, 3.05) is 19.0 Å². The Hall–Kier alpha value is -2.44. The Morgan fingerprint density at radius 3 is 2.86 bits per heavy atom. The number of rotatable bonds is 6. The van der Waals surface area contributed by atoms with Crippen molar-refractivity contribution in [3.05, 3.63) is 47.5 Å². The lowest BCUT2D eigenvalue weighted by Gasteiger charge is -2.09. The van der Waals surface area contributed by atoms with Gasteiger partial charge in [-0.15, -0.1) is 0 Å². The Balaban J connectivity index is 1.94. The average molecular weight is 295 g/mol. The number of nitrogens with zero attached hydrogens (tertiary/aromatic N) is 1. The molecule has 0 aliphatic heterocycles. The van der Waals surface area contributed by atoms with Crippen molar-refractivity contribution >= 4 is 11.7 Å². The fraction of sp³-hybridized carbons (Fsp3) is 0.286. The van der Waals surface area contributed by atoms with Crippen LogP contribution in [0.4, 0.5) is 14.5 Å². The molecule has 112 valence electrons. The van der Waals surface area contributed by atoms with Crippen molar-refractivity contribution in [2.24, 2.45) is 0 Å². The second kappa shape index (κ2) is 6.83. The Morgan fingerprint density at radius 1 is 1.38 bits per heavy atom.